The summed E-state index contributed by atoms with van der Waals surface area (Å²) in [4.78, 5) is 14.9. The standard InChI is InChI=1S/C26H31FN4O3S/c1-17-13-30(14-21(32)16-33-22-7-8-26-25(11-22)28-18(2)35-26)9-10-31(17)15-23-12-24(29-34-23)19-3-5-20(27)6-4-19/h3-8,11,17,21,23,32H,9-10,12-16H2,1-2H3/t17?,21?,23-/m1/s1. The lowest BCUT2D eigenvalue weighted by atomic mass is 10.0. The number of aromatic nitrogens is 1. The fourth-order valence-electron chi connectivity index (χ4n) is 4.76. The molecule has 0 amide bonds. The molecular weight excluding hydrogens is 467 g/mol. The number of halogens is 1. The Labute approximate surface area is 208 Å². The predicted octanol–water partition coefficient (Wildman–Crippen LogP) is 3.68. The molecule has 35 heavy (non-hydrogen) atoms. The first-order valence-electron chi connectivity index (χ1n) is 12.1. The first-order valence-corrected chi connectivity index (χ1v) is 12.9. The van der Waals surface area contributed by atoms with Gasteiger partial charge in [-0.3, -0.25) is 9.80 Å². The van der Waals surface area contributed by atoms with Crippen molar-refractivity contribution in [3.8, 4) is 5.75 Å². The van der Waals surface area contributed by atoms with Gasteiger partial charge in [0.1, 0.15) is 30.4 Å². The molecule has 0 spiro atoms. The van der Waals surface area contributed by atoms with Crippen LogP contribution in [0.25, 0.3) is 10.2 Å². The maximum atomic E-state index is 13.2. The van der Waals surface area contributed by atoms with Gasteiger partial charge in [-0.1, -0.05) is 17.3 Å². The Morgan fingerprint density at radius 2 is 2.06 bits per heavy atom. The summed E-state index contributed by atoms with van der Waals surface area (Å²) in [6, 6.07) is 12.6. The first kappa shape index (κ1) is 24.1. The van der Waals surface area contributed by atoms with Gasteiger partial charge in [-0.2, -0.15) is 0 Å². The molecule has 9 heteroatoms. The Kier molecular flexibility index (Phi) is 7.29. The van der Waals surface area contributed by atoms with E-state index in [0.29, 0.717) is 12.6 Å². The summed E-state index contributed by atoms with van der Waals surface area (Å²) in [5, 5.41) is 15.8. The SMILES string of the molecule is Cc1nc2cc(OCC(O)CN3CCN(C[C@H]4CC(c5ccc(F)cc5)=NO4)C(C)C3)ccc2s1. The van der Waals surface area contributed by atoms with Crippen LogP contribution in [0.3, 0.4) is 0 Å². The molecule has 0 aliphatic carbocycles. The minimum Gasteiger partial charge on any atom is -0.491 e. The zero-order chi connectivity index (χ0) is 24.4. The number of thiazole rings is 1. The van der Waals surface area contributed by atoms with Crippen molar-refractivity contribution in [3.63, 3.8) is 0 Å². The molecule has 186 valence electrons. The van der Waals surface area contributed by atoms with Crippen molar-refractivity contribution in [2.75, 3.05) is 39.3 Å². The number of hydrogen-bond acceptors (Lipinski definition) is 8. The smallest absolute Gasteiger partial charge is 0.145 e. The average Bonchev–Trinajstić information content (AvgIpc) is 3.45. The summed E-state index contributed by atoms with van der Waals surface area (Å²) in [6.07, 6.45) is 0.161. The molecule has 1 saturated heterocycles. The van der Waals surface area contributed by atoms with Crippen LogP contribution >= 0.6 is 11.3 Å². The minimum absolute atomic E-state index is 0.00175. The molecule has 0 radical (unpaired) electrons. The van der Waals surface area contributed by atoms with Crippen LogP contribution in [0.5, 0.6) is 5.75 Å². The van der Waals surface area contributed by atoms with Crippen molar-refractivity contribution < 1.29 is 19.1 Å². The molecule has 2 unspecified atom stereocenters. The average molecular weight is 499 g/mol. The van der Waals surface area contributed by atoms with Gasteiger partial charge in [-0.25, -0.2) is 9.37 Å². The Balaban J connectivity index is 1.05. The van der Waals surface area contributed by atoms with E-state index >= 15 is 0 Å². The van der Waals surface area contributed by atoms with E-state index < -0.39 is 6.10 Å². The number of benzene rings is 2. The van der Waals surface area contributed by atoms with Gasteiger partial charge in [0.25, 0.3) is 0 Å². The highest BCUT2D eigenvalue weighted by atomic mass is 32.1. The molecule has 3 heterocycles. The summed E-state index contributed by atoms with van der Waals surface area (Å²) in [6.45, 7) is 8.49. The molecule has 3 aromatic rings. The number of aryl methyl sites for hydroxylation is 1. The largest absolute Gasteiger partial charge is 0.491 e. The van der Waals surface area contributed by atoms with Crippen molar-refractivity contribution in [2.24, 2.45) is 5.16 Å². The molecule has 0 saturated carbocycles. The van der Waals surface area contributed by atoms with Crippen LogP contribution in [-0.2, 0) is 4.84 Å². The van der Waals surface area contributed by atoms with Crippen molar-refractivity contribution in [1.82, 2.24) is 14.8 Å². The number of nitrogens with zero attached hydrogens (tertiary/aromatic N) is 4. The van der Waals surface area contributed by atoms with Crippen molar-refractivity contribution >= 4 is 27.3 Å². The maximum Gasteiger partial charge on any atom is 0.145 e. The third-order valence-corrected chi connectivity index (χ3v) is 7.53. The number of aliphatic hydroxyl groups excluding tert-OH is 1. The zero-order valence-electron chi connectivity index (χ0n) is 20.1. The fourth-order valence-corrected chi connectivity index (χ4v) is 5.57. The lowest BCUT2D eigenvalue weighted by molar-refractivity contribution is -0.00182. The number of oxime groups is 1. The van der Waals surface area contributed by atoms with Crippen LogP contribution in [0.2, 0.25) is 0 Å². The van der Waals surface area contributed by atoms with E-state index in [9.17, 15) is 9.50 Å². The van der Waals surface area contributed by atoms with Gasteiger partial charge >= 0.3 is 0 Å². The summed E-state index contributed by atoms with van der Waals surface area (Å²) < 4.78 is 20.2. The van der Waals surface area contributed by atoms with Gasteiger partial charge < -0.3 is 14.7 Å². The molecule has 7 nitrogen and oxygen atoms in total. The maximum absolute atomic E-state index is 13.2. The van der Waals surface area contributed by atoms with E-state index in [1.165, 1.54) is 12.1 Å². The summed E-state index contributed by atoms with van der Waals surface area (Å²) >= 11 is 1.66. The molecule has 1 N–H and O–H groups in total. The minimum atomic E-state index is -0.563. The molecular formula is C26H31FN4O3S. The van der Waals surface area contributed by atoms with E-state index in [1.54, 1.807) is 23.5 Å². The normalized spacial score (nSPS) is 22.2. The number of aliphatic hydroxyl groups is 1. The fraction of sp³-hybridized carbons (Fsp3) is 0.462. The Hall–Kier alpha value is -2.59. The number of ether oxygens (including phenoxy) is 1. The van der Waals surface area contributed by atoms with Crippen molar-refractivity contribution in [1.29, 1.82) is 0 Å². The molecule has 2 aliphatic rings. The Bertz CT molecular complexity index is 1190. The lowest BCUT2D eigenvalue weighted by Crippen LogP contribution is -2.55. The van der Waals surface area contributed by atoms with E-state index in [-0.39, 0.29) is 18.5 Å². The Morgan fingerprint density at radius 3 is 2.86 bits per heavy atom. The van der Waals surface area contributed by atoms with E-state index in [2.05, 4.69) is 26.9 Å². The summed E-state index contributed by atoms with van der Waals surface area (Å²) in [5.74, 6) is 0.485. The highest BCUT2D eigenvalue weighted by molar-refractivity contribution is 7.18. The molecule has 3 atom stereocenters. The number of fused-ring (bicyclic) bond motifs is 1. The lowest BCUT2D eigenvalue weighted by Gasteiger charge is -2.41. The van der Waals surface area contributed by atoms with Gasteiger partial charge in [-0.05, 0) is 43.7 Å². The van der Waals surface area contributed by atoms with Gasteiger partial charge in [-0.15, -0.1) is 11.3 Å². The monoisotopic (exact) mass is 498 g/mol. The molecule has 1 aromatic heterocycles. The van der Waals surface area contributed by atoms with E-state index in [0.717, 1.165) is 64.8 Å². The van der Waals surface area contributed by atoms with Crippen molar-refractivity contribution in [3.05, 3.63) is 58.9 Å². The molecule has 5 rings (SSSR count). The third-order valence-electron chi connectivity index (χ3n) is 6.58. The van der Waals surface area contributed by atoms with Gasteiger partial charge in [0.15, 0.2) is 0 Å². The van der Waals surface area contributed by atoms with Gasteiger partial charge in [0.2, 0.25) is 0 Å². The summed E-state index contributed by atoms with van der Waals surface area (Å²) in [7, 11) is 0. The number of β-amino-alcohol motifs (C(OH)–C–C–N with tert-alkyl or cyclic N) is 1. The van der Waals surface area contributed by atoms with Crippen LogP contribution in [0.15, 0.2) is 47.6 Å². The first-order chi connectivity index (χ1) is 16.9. The molecule has 1 fully saturated rings. The highest BCUT2D eigenvalue weighted by Crippen LogP contribution is 2.26. The van der Waals surface area contributed by atoms with Crippen molar-refractivity contribution in [2.45, 2.75) is 38.5 Å². The predicted molar refractivity (Wildman–Crippen MR) is 136 cm³/mol. The molecule has 2 aromatic carbocycles. The van der Waals surface area contributed by atoms with Crippen LogP contribution in [-0.4, -0.2) is 83.2 Å². The second kappa shape index (κ2) is 10.6. The molecule has 2 aliphatic heterocycles. The topological polar surface area (TPSA) is 70.4 Å². The van der Waals surface area contributed by atoms with Crippen LogP contribution in [0, 0.1) is 12.7 Å². The second-order valence-corrected chi connectivity index (χ2v) is 10.6. The van der Waals surface area contributed by atoms with Gasteiger partial charge in [0, 0.05) is 51.3 Å². The number of rotatable bonds is 8. The quantitative estimate of drug-likeness (QED) is 0.511. The third kappa shape index (κ3) is 5.98. The summed E-state index contributed by atoms with van der Waals surface area (Å²) in [5.41, 5.74) is 2.71. The van der Waals surface area contributed by atoms with E-state index in [1.807, 2.05) is 25.1 Å². The second-order valence-electron chi connectivity index (χ2n) is 9.41. The van der Waals surface area contributed by atoms with Crippen LogP contribution in [0.1, 0.15) is 23.9 Å². The number of piperazine rings is 1. The number of hydrogen-bond donors (Lipinski definition) is 1. The molecule has 0 bridgehead atoms. The van der Waals surface area contributed by atoms with Crippen LogP contribution < -0.4 is 4.74 Å². The Morgan fingerprint density at radius 1 is 1.23 bits per heavy atom. The van der Waals surface area contributed by atoms with Gasteiger partial charge in [0.05, 0.1) is 20.9 Å². The zero-order valence-corrected chi connectivity index (χ0v) is 20.9. The van der Waals surface area contributed by atoms with Crippen LogP contribution in [0.4, 0.5) is 4.39 Å². The highest BCUT2D eigenvalue weighted by Gasteiger charge is 2.30. The van der Waals surface area contributed by atoms with E-state index in [4.69, 9.17) is 9.57 Å².